The Morgan fingerprint density at radius 3 is 2.45 bits per heavy atom. The van der Waals surface area contributed by atoms with Crippen molar-refractivity contribution in [2.45, 2.75) is 44.2 Å². The van der Waals surface area contributed by atoms with Crippen LogP contribution < -0.4 is 10.0 Å². The molecular weight excluding hydrogens is 417 g/mol. The van der Waals surface area contributed by atoms with Crippen LogP contribution in [0.5, 0.6) is 0 Å². The molecule has 1 aliphatic heterocycles. The normalized spacial score (nSPS) is 17.4. The molecule has 6 nitrogen and oxygen atoms in total. The molecule has 0 spiro atoms. The molecule has 1 atom stereocenters. The summed E-state index contributed by atoms with van der Waals surface area (Å²) in [4.78, 5) is 14.5. The van der Waals surface area contributed by atoms with Crippen molar-refractivity contribution < 1.29 is 17.6 Å². The number of hydrogen-bond acceptors (Lipinski definition) is 4. The van der Waals surface area contributed by atoms with E-state index in [4.69, 9.17) is 0 Å². The van der Waals surface area contributed by atoms with Crippen LogP contribution in [0, 0.1) is 11.7 Å². The summed E-state index contributed by atoms with van der Waals surface area (Å²) in [6, 6.07) is 12.8. The molecule has 0 bridgehead atoms. The third-order valence-electron chi connectivity index (χ3n) is 5.43. The summed E-state index contributed by atoms with van der Waals surface area (Å²) in [6.07, 6.45) is 2.58. The number of rotatable bonds is 9. The second-order valence-electron chi connectivity index (χ2n) is 8.18. The van der Waals surface area contributed by atoms with Crippen LogP contribution in [0.4, 0.5) is 4.39 Å². The van der Waals surface area contributed by atoms with E-state index in [1.165, 1.54) is 30.5 Å². The van der Waals surface area contributed by atoms with Crippen molar-refractivity contribution in [3.63, 3.8) is 0 Å². The second kappa shape index (κ2) is 10.8. The Bertz CT molecular complexity index is 963. The zero-order valence-corrected chi connectivity index (χ0v) is 18.6. The number of amides is 1. The Balaban J connectivity index is 1.38. The molecule has 1 unspecified atom stereocenters. The number of nitrogens with one attached hydrogen (secondary N) is 2. The lowest BCUT2D eigenvalue weighted by Crippen LogP contribution is -2.33. The van der Waals surface area contributed by atoms with Gasteiger partial charge in [-0.2, -0.15) is 0 Å². The van der Waals surface area contributed by atoms with E-state index in [1.54, 1.807) is 0 Å². The first kappa shape index (κ1) is 23.4. The van der Waals surface area contributed by atoms with Gasteiger partial charge in [-0.25, -0.2) is 17.5 Å². The van der Waals surface area contributed by atoms with Crippen molar-refractivity contribution in [3.8, 4) is 0 Å². The van der Waals surface area contributed by atoms with Gasteiger partial charge in [-0.15, -0.1) is 0 Å². The number of carbonyl (C=O) groups is 1. The van der Waals surface area contributed by atoms with E-state index in [1.807, 2.05) is 12.1 Å². The molecule has 2 aromatic rings. The fraction of sp³-hybridized carbons (Fsp3) is 0.435. The van der Waals surface area contributed by atoms with Crippen molar-refractivity contribution >= 4 is 15.9 Å². The predicted octanol–water partition coefficient (Wildman–Crippen LogP) is 3.04. The van der Waals surface area contributed by atoms with Gasteiger partial charge >= 0.3 is 0 Å². The van der Waals surface area contributed by atoms with Gasteiger partial charge in [0.2, 0.25) is 15.9 Å². The molecule has 1 fully saturated rings. The minimum absolute atomic E-state index is 0.0195. The zero-order valence-electron chi connectivity index (χ0n) is 17.8. The molecule has 2 aromatic carbocycles. The van der Waals surface area contributed by atoms with Gasteiger partial charge in [-0.1, -0.05) is 31.2 Å². The van der Waals surface area contributed by atoms with Gasteiger partial charge in [0.1, 0.15) is 5.82 Å². The summed E-state index contributed by atoms with van der Waals surface area (Å²) in [7, 11) is -3.76. The van der Waals surface area contributed by atoms with Crippen LogP contribution in [0.25, 0.3) is 0 Å². The first-order valence-electron chi connectivity index (χ1n) is 10.6. The maximum atomic E-state index is 12.9. The van der Waals surface area contributed by atoms with Gasteiger partial charge in [0, 0.05) is 32.6 Å². The number of halogens is 1. The summed E-state index contributed by atoms with van der Waals surface area (Å²) in [5, 5.41) is 2.81. The lowest BCUT2D eigenvalue weighted by Gasteiger charge is -2.30. The Kier molecular flexibility index (Phi) is 8.17. The molecule has 0 saturated carbocycles. The smallest absolute Gasteiger partial charge is 0.240 e. The molecule has 3 rings (SSSR count). The molecule has 31 heavy (non-hydrogen) atoms. The molecule has 1 aliphatic rings. The van der Waals surface area contributed by atoms with Crippen LogP contribution in [0.2, 0.25) is 0 Å². The monoisotopic (exact) mass is 447 g/mol. The van der Waals surface area contributed by atoms with Crippen LogP contribution in [-0.2, 0) is 27.9 Å². The highest BCUT2D eigenvalue weighted by atomic mass is 32.2. The predicted molar refractivity (Wildman–Crippen MR) is 118 cm³/mol. The Morgan fingerprint density at radius 2 is 1.77 bits per heavy atom. The second-order valence-corrected chi connectivity index (χ2v) is 9.94. The minimum atomic E-state index is -3.76. The quantitative estimate of drug-likeness (QED) is 0.619. The summed E-state index contributed by atoms with van der Waals surface area (Å²) in [5.74, 6) is 0.00374. The van der Waals surface area contributed by atoms with Crippen molar-refractivity contribution in [2.24, 2.45) is 5.92 Å². The van der Waals surface area contributed by atoms with Crippen molar-refractivity contribution in [3.05, 3.63) is 65.5 Å². The number of nitrogens with zero attached hydrogens (tertiary/aromatic N) is 1. The van der Waals surface area contributed by atoms with Gasteiger partial charge in [-0.3, -0.25) is 9.69 Å². The zero-order chi connectivity index (χ0) is 22.3. The third-order valence-corrected chi connectivity index (χ3v) is 6.90. The highest BCUT2D eigenvalue weighted by molar-refractivity contribution is 7.89. The Labute approximate surface area is 183 Å². The minimum Gasteiger partial charge on any atom is -0.352 e. The number of hydrogen-bond donors (Lipinski definition) is 2. The third kappa shape index (κ3) is 7.41. The summed E-state index contributed by atoms with van der Waals surface area (Å²) < 4.78 is 39.5. The van der Waals surface area contributed by atoms with Crippen LogP contribution >= 0.6 is 0 Å². The molecule has 0 radical (unpaired) electrons. The average molecular weight is 448 g/mol. The van der Waals surface area contributed by atoms with E-state index in [9.17, 15) is 17.6 Å². The van der Waals surface area contributed by atoms with Gasteiger partial charge in [0.15, 0.2) is 0 Å². The highest BCUT2D eigenvalue weighted by Gasteiger charge is 2.16. The number of likely N-dealkylation sites (tertiary alicyclic amines) is 1. The molecule has 1 heterocycles. The molecule has 2 N–H and O–H groups in total. The summed E-state index contributed by atoms with van der Waals surface area (Å²) >= 11 is 0. The molecule has 1 saturated heterocycles. The Hall–Kier alpha value is -2.29. The van der Waals surface area contributed by atoms with Gasteiger partial charge in [0.25, 0.3) is 0 Å². The van der Waals surface area contributed by atoms with Crippen LogP contribution in [0.3, 0.4) is 0 Å². The van der Waals surface area contributed by atoms with E-state index in [0.29, 0.717) is 6.54 Å². The number of benzene rings is 2. The molecule has 0 aromatic heterocycles. The maximum absolute atomic E-state index is 12.9. The van der Waals surface area contributed by atoms with Crippen molar-refractivity contribution in [1.29, 1.82) is 0 Å². The molecular formula is C23H30FN3O3S. The number of sulfonamides is 1. The standard InChI is InChI=1S/C23H30FN3O3S/c1-18-3-2-14-27(16-18)17-20-6-4-19(5-7-20)15-25-23(28)12-13-26-31(29,30)22-10-8-21(24)9-11-22/h4-11,18,26H,2-3,12-17H2,1H3,(H,25,28). The van der Waals surface area contributed by atoms with Crippen molar-refractivity contribution in [1.82, 2.24) is 14.9 Å². The first-order chi connectivity index (χ1) is 14.8. The molecule has 1 amide bonds. The van der Waals surface area contributed by atoms with Crippen LogP contribution in [0.1, 0.15) is 37.3 Å². The fourth-order valence-electron chi connectivity index (χ4n) is 3.74. The van der Waals surface area contributed by atoms with Gasteiger partial charge in [-0.05, 0) is 60.7 Å². The first-order valence-corrected chi connectivity index (χ1v) is 12.1. The lowest BCUT2D eigenvalue weighted by molar-refractivity contribution is -0.121. The average Bonchev–Trinajstić information content (AvgIpc) is 2.73. The van der Waals surface area contributed by atoms with E-state index in [0.717, 1.165) is 43.2 Å². The van der Waals surface area contributed by atoms with Crippen molar-refractivity contribution in [2.75, 3.05) is 19.6 Å². The van der Waals surface area contributed by atoms with E-state index in [-0.39, 0.29) is 23.8 Å². The topological polar surface area (TPSA) is 78.5 Å². The van der Waals surface area contributed by atoms with E-state index < -0.39 is 15.8 Å². The van der Waals surface area contributed by atoms with Crippen LogP contribution in [0.15, 0.2) is 53.4 Å². The summed E-state index contributed by atoms with van der Waals surface area (Å²) in [6.45, 7) is 5.90. The molecule has 168 valence electrons. The number of carbonyl (C=O) groups excluding carboxylic acids is 1. The fourth-order valence-corrected chi connectivity index (χ4v) is 4.77. The Morgan fingerprint density at radius 1 is 1.10 bits per heavy atom. The van der Waals surface area contributed by atoms with E-state index >= 15 is 0 Å². The van der Waals surface area contributed by atoms with Crippen LogP contribution in [-0.4, -0.2) is 38.9 Å². The molecule has 0 aliphatic carbocycles. The lowest BCUT2D eigenvalue weighted by atomic mass is 9.99. The maximum Gasteiger partial charge on any atom is 0.240 e. The SMILES string of the molecule is CC1CCCN(Cc2ccc(CNC(=O)CCNS(=O)(=O)c3ccc(F)cc3)cc2)C1. The number of piperidine rings is 1. The highest BCUT2D eigenvalue weighted by Crippen LogP contribution is 2.18. The largest absolute Gasteiger partial charge is 0.352 e. The van der Waals surface area contributed by atoms with Gasteiger partial charge < -0.3 is 5.32 Å². The van der Waals surface area contributed by atoms with Gasteiger partial charge in [0.05, 0.1) is 4.90 Å². The molecule has 8 heteroatoms. The van der Waals surface area contributed by atoms with E-state index in [2.05, 4.69) is 34.0 Å². The summed E-state index contributed by atoms with van der Waals surface area (Å²) in [5.41, 5.74) is 2.26.